The van der Waals surface area contributed by atoms with Gasteiger partial charge in [-0.2, -0.15) is 0 Å². The Bertz CT molecular complexity index is 1660. The summed E-state index contributed by atoms with van der Waals surface area (Å²) >= 11 is 0. The minimum Gasteiger partial charge on any atom is -0.310 e. The molecule has 1 atom stereocenters. The number of aromatic nitrogens is 2. The topological polar surface area (TPSA) is 9.86 Å². The Morgan fingerprint density at radius 2 is 1.15 bits per heavy atom. The van der Waals surface area contributed by atoms with E-state index in [1.807, 2.05) is 0 Å². The number of allylic oxidation sites excluding steroid dienone is 1. The molecule has 2 heterocycles. The van der Waals surface area contributed by atoms with Crippen molar-refractivity contribution < 1.29 is 0 Å². The van der Waals surface area contributed by atoms with Crippen molar-refractivity contribution in [1.29, 1.82) is 0 Å². The van der Waals surface area contributed by atoms with Crippen LogP contribution in [0.2, 0.25) is 0 Å². The Morgan fingerprint density at radius 3 is 1.82 bits per heavy atom. The highest BCUT2D eigenvalue weighted by atomic mass is 15.0. The summed E-state index contributed by atoms with van der Waals surface area (Å²) in [5.41, 5.74) is 8.92. The third-order valence-electron chi connectivity index (χ3n) is 7.06. The lowest BCUT2D eigenvalue weighted by Crippen LogP contribution is -2.05. The van der Waals surface area contributed by atoms with Gasteiger partial charge in [0.15, 0.2) is 0 Å². The van der Waals surface area contributed by atoms with E-state index >= 15 is 0 Å². The van der Waals surface area contributed by atoms with E-state index in [0.717, 1.165) is 6.42 Å². The van der Waals surface area contributed by atoms with Gasteiger partial charge in [0.1, 0.15) is 0 Å². The van der Waals surface area contributed by atoms with Crippen molar-refractivity contribution in [2.75, 3.05) is 0 Å². The SMILES string of the molecule is CC1C=Cc2c(c3ccccc3n2-c2cccc(-n3c4ccccc4c4ccccc43)c2)C1. The first-order chi connectivity index (χ1) is 16.3. The van der Waals surface area contributed by atoms with Gasteiger partial charge in [-0.25, -0.2) is 0 Å². The van der Waals surface area contributed by atoms with Gasteiger partial charge in [-0.3, -0.25) is 0 Å². The summed E-state index contributed by atoms with van der Waals surface area (Å²) < 4.78 is 4.83. The monoisotopic (exact) mass is 424 g/mol. The van der Waals surface area contributed by atoms with E-state index in [-0.39, 0.29) is 0 Å². The summed E-state index contributed by atoms with van der Waals surface area (Å²) in [5, 5.41) is 3.95. The molecule has 0 aliphatic heterocycles. The van der Waals surface area contributed by atoms with Crippen LogP contribution in [0.3, 0.4) is 0 Å². The number of rotatable bonds is 2. The predicted octanol–water partition coefficient (Wildman–Crippen LogP) is 7.93. The van der Waals surface area contributed by atoms with E-state index in [1.54, 1.807) is 0 Å². The summed E-state index contributed by atoms with van der Waals surface area (Å²) in [6.45, 7) is 2.30. The van der Waals surface area contributed by atoms with Crippen LogP contribution in [-0.4, -0.2) is 9.13 Å². The molecule has 0 saturated carbocycles. The molecule has 7 rings (SSSR count). The normalized spacial score (nSPS) is 15.5. The third kappa shape index (κ3) is 2.67. The van der Waals surface area contributed by atoms with Crippen LogP contribution >= 0.6 is 0 Å². The molecular weight excluding hydrogens is 400 g/mol. The van der Waals surface area contributed by atoms with Gasteiger partial charge < -0.3 is 9.13 Å². The fourth-order valence-corrected chi connectivity index (χ4v) is 5.61. The molecule has 0 fully saturated rings. The number of hydrogen-bond acceptors (Lipinski definition) is 0. The lowest BCUT2D eigenvalue weighted by molar-refractivity contribution is 0.717. The fraction of sp³-hybridized carbons (Fsp3) is 0.0968. The molecule has 1 aliphatic carbocycles. The van der Waals surface area contributed by atoms with Gasteiger partial charge in [0, 0.05) is 33.2 Å². The second-order valence-electron chi connectivity index (χ2n) is 9.15. The van der Waals surface area contributed by atoms with Crippen LogP contribution in [0.1, 0.15) is 18.2 Å². The van der Waals surface area contributed by atoms with Crippen LogP contribution in [0.15, 0.2) is 103 Å². The lowest BCUT2D eigenvalue weighted by Gasteiger charge is -2.16. The Kier molecular flexibility index (Phi) is 3.92. The van der Waals surface area contributed by atoms with Crippen LogP contribution in [0.25, 0.3) is 50.2 Å². The van der Waals surface area contributed by atoms with Gasteiger partial charge in [0.05, 0.1) is 16.6 Å². The zero-order chi connectivity index (χ0) is 21.9. The first-order valence-electron chi connectivity index (χ1n) is 11.7. The van der Waals surface area contributed by atoms with Crippen molar-refractivity contribution in [3.63, 3.8) is 0 Å². The quantitative estimate of drug-likeness (QED) is 0.267. The van der Waals surface area contributed by atoms with Crippen LogP contribution in [-0.2, 0) is 6.42 Å². The van der Waals surface area contributed by atoms with Crippen molar-refractivity contribution in [2.24, 2.45) is 5.92 Å². The van der Waals surface area contributed by atoms with E-state index in [1.165, 1.54) is 55.3 Å². The molecule has 1 aliphatic rings. The molecule has 2 nitrogen and oxygen atoms in total. The van der Waals surface area contributed by atoms with Gasteiger partial charge in [-0.15, -0.1) is 0 Å². The average Bonchev–Trinajstić information content (AvgIpc) is 3.37. The van der Waals surface area contributed by atoms with E-state index in [4.69, 9.17) is 0 Å². The Balaban J connectivity index is 1.51. The van der Waals surface area contributed by atoms with Crippen molar-refractivity contribution in [3.8, 4) is 11.4 Å². The minimum absolute atomic E-state index is 0.570. The summed E-state index contributed by atoms with van der Waals surface area (Å²) in [4.78, 5) is 0. The van der Waals surface area contributed by atoms with Gasteiger partial charge in [-0.1, -0.05) is 73.7 Å². The zero-order valence-corrected chi connectivity index (χ0v) is 18.6. The van der Waals surface area contributed by atoms with Crippen LogP contribution in [0.5, 0.6) is 0 Å². The first-order valence-corrected chi connectivity index (χ1v) is 11.7. The molecule has 1 unspecified atom stereocenters. The molecule has 0 N–H and O–H groups in total. The second kappa shape index (κ2) is 6.98. The maximum atomic E-state index is 2.43. The number of benzene rings is 4. The van der Waals surface area contributed by atoms with E-state index in [0.29, 0.717) is 5.92 Å². The van der Waals surface area contributed by atoms with E-state index < -0.39 is 0 Å². The van der Waals surface area contributed by atoms with E-state index in [2.05, 4.69) is 125 Å². The number of nitrogens with zero attached hydrogens (tertiary/aromatic N) is 2. The molecule has 2 aromatic heterocycles. The smallest absolute Gasteiger partial charge is 0.0541 e. The van der Waals surface area contributed by atoms with Crippen LogP contribution in [0, 0.1) is 5.92 Å². The Morgan fingerprint density at radius 1 is 0.606 bits per heavy atom. The van der Waals surface area contributed by atoms with Gasteiger partial charge in [0.2, 0.25) is 0 Å². The van der Waals surface area contributed by atoms with Crippen LogP contribution < -0.4 is 0 Å². The fourth-order valence-electron chi connectivity index (χ4n) is 5.61. The standard InChI is InChI=1S/C31H24N2/c1-21-17-18-31-27(19-21)26-13-4-7-16-30(26)33(31)23-10-8-9-22(20-23)32-28-14-5-2-11-24(28)25-12-3-6-15-29(25)32/h2-18,20-21H,19H2,1H3. The number of fused-ring (bicyclic) bond motifs is 6. The van der Waals surface area contributed by atoms with E-state index in [9.17, 15) is 0 Å². The molecule has 6 aromatic rings. The van der Waals surface area contributed by atoms with Crippen molar-refractivity contribution in [3.05, 3.63) is 114 Å². The Labute approximate surface area is 193 Å². The molecule has 0 amide bonds. The van der Waals surface area contributed by atoms with Crippen LogP contribution in [0.4, 0.5) is 0 Å². The van der Waals surface area contributed by atoms with Crippen molar-refractivity contribution in [2.45, 2.75) is 13.3 Å². The molecular formula is C31H24N2. The highest BCUT2D eigenvalue weighted by molar-refractivity contribution is 6.09. The molecule has 0 radical (unpaired) electrons. The highest BCUT2D eigenvalue weighted by Crippen LogP contribution is 2.37. The van der Waals surface area contributed by atoms with Gasteiger partial charge in [-0.05, 0) is 60.4 Å². The number of para-hydroxylation sites is 3. The summed E-state index contributed by atoms with van der Waals surface area (Å²) in [7, 11) is 0. The van der Waals surface area contributed by atoms with Gasteiger partial charge in [0.25, 0.3) is 0 Å². The highest BCUT2D eigenvalue weighted by Gasteiger charge is 2.21. The molecule has 0 bridgehead atoms. The predicted molar refractivity (Wildman–Crippen MR) is 140 cm³/mol. The molecule has 2 heteroatoms. The summed E-state index contributed by atoms with van der Waals surface area (Å²) in [6, 6.07) is 35.2. The second-order valence-corrected chi connectivity index (χ2v) is 9.15. The molecule has 4 aromatic carbocycles. The molecule has 158 valence electrons. The summed E-state index contributed by atoms with van der Waals surface area (Å²) in [5.74, 6) is 0.570. The van der Waals surface area contributed by atoms with Crippen molar-refractivity contribution in [1.82, 2.24) is 9.13 Å². The Hall–Kier alpha value is -4.04. The summed E-state index contributed by atoms with van der Waals surface area (Å²) in [6.07, 6.45) is 5.75. The maximum absolute atomic E-state index is 2.43. The lowest BCUT2D eigenvalue weighted by atomic mass is 9.93. The largest absolute Gasteiger partial charge is 0.310 e. The maximum Gasteiger partial charge on any atom is 0.0541 e. The number of hydrogen-bond donors (Lipinski definition) is 0. The molecule has 33 heavy (non-hydrogen) atoms. The molecule has 0 spiro atoms. The van der Waals surface area contributed by atoms with Gasteiger partial charge >= 0.3 is 0 Å². The average molecular weight is 425 g/mol. The first kappa shape index (κ1) is 18.5. The zero-order valence-electron chi connectivity index (χ0n) is 18.6. The minimum atomic E-state index is 0.570. The van der Waals surface area contributed by atoms with Crippen molar-refractivity contribution >= 4 is 38.8 Å². The molecule has 0 saturated heterocycles. The third-order valence-corrected chi connectivity index (χ3v) is 7.06.